The van der Waals surface area contributed by atoms with E-state index in [0.717, 1.165) is 0 Å². The molecule has 3 nitrogen and oxygen atoms in total. The summed E-state index contributed by atoms with van der Waals surface area (Å²) in [5.41, 5.74) is 0. The molecule has 0 aromatic rings. The quantitative estimate of drug-likeness (QED) is 0.517. The molecule has 1 atom stereocenters. The van der Waals surface area contributed by atoms with Gasteiger partial charge >= 0.3 is 6.16 Å². The summed E-state index contributed by atoms with van der Waals surface area (Å²) in [6.45, 7) is 0.126. The van der Waals surface area contributed by atoms with Gasteiger partial charge in [-0.3, -0.25) is 0 Å². The van der Waals surface area contributed by atoms with E-state index in [4.69, 9.17) is 18.0 Å². The van der Waals surface area contributed by atoms with Crippen LogP contribution in [0.4, 0.5) is 4.79 Å². The predicted molar refractivity (Wildman–Crippen MR) is 49.0 cm³/mol. The highest BCUT2D eigenvalue weighted by Gasteiger charge is 2.09. The zero-order valence-electron chi connectivity index (χ0n) is 7.32. The van der Waals surface area contributed by atoms with Crippen LogP contribution in [0, 0.1) is 30.6 Å². The van der Waals surface area contributed by atoms with Crippen molar-refractivity contribution < 1.29 is 14.6 Å². The summed E-state index contributed by atoms with van der Waals surface area (Å²) >= 11 is 0. The third-order valence-electron chi connectivity index (χ3n) is 1.55. The van der Waals surface area contributed by atoms with Gasteiger partial charge in [0.2, 0.25) is 0 Å². The molecule has 70 valence electrons. The van der Waals surface area contributed by atoms with Crippen LogP contribution < -0.4 is 0 Å². The van der Waals surface area contributed by atoms with E-state index in [1.54, 1.807) is 0 Å². The molecule has 0 aromatic carbocycles. The van der Waals surface area contributed by atoms with Crippen LogP contribution >= 0.6 is 0 Å². The molecule has 0 fully saturated rings. The van der Waals surface area contributed by atoms with Crippen molar-refractivity contribution in [3.05, 3.63) is 0 Å². The van der Waals surface area contributed by atoms with Gasteiger partial charge in [0.15, 0.2) is 0 Å². The van der Waals surface area contributed by atoms with Gasteiger partial charge in [0, 0.05) is 18.8 Å². The van der Waals surface area contributed by atoms with Crippen molar-refractivity contribution in [1.29, 1.82) is 0 Å². The zero-order valence-corrected chi connectivity index (χ0v) is 7.32. The van der Waals surface area contributed by atoms with Gasteiger partial charge in [0.1, 0.15) is 0 Å². The summed E-state index contributed by atoms with van der Waals surface area (Å²) in [4.78, 5) is 10.1. The maximum atomic E-state index is 10.1. The van der Waals surface area contributed by atoms with Crippen molar-refractivity contribution in [3.8, 4) is 24.7 Å². The molecule has 0 aliphatic heterocycles. The molecule has 0 aliphatic rings. The number of ether oxygens (including phenoxy) is 1. The predicted octanol–water partition coefficient (Wildman–Crippen LogP) is 1.73. The minimum atomic E-state index is -1.28. The zero-order chi connectivity index (χ0) is 10.1. The summed E-state index contributed by atoms with van der Waals surface area (Å²) in [5.74, 6) is 4.97. The van der Waals surface area contributed by atoms with Crippen LogP contribution in [0.1, 0.15) is 19.3 Å². The third kappa shape index (κ3) is 6.77. The fourth-order valence-electron chi connectivity index (χ4n) is 0.888. The molecule has 0 saturated heterocycles. The first-order valence-corrected chi connectivity index (χ1v) is 3.93. The van der Waals surface area contributed by atoms with E-state index in [0.29, 0.717) is 19.3 Å². The number of rotatable bonds is 5. The summed E-state index contributed by atoms with van der Waals surface area (Å²) in [5, 5.41) is 8.24. The first-order chi connectivity index (χ1) is 6.20. The Morgan fingerprint density at radius 3 is 2.62 bits per heavy atom. The second kappa shape index (κ2) is 7.06. The topological polar surface area (TPSA) is 46.5 Å². The van der Waals surface area contributed by atoms with E-state index < -0.39 is 6.16 Å². The van der Waals surface area contributed by atoms with Gasteiger partial charge in [-0.1, -0.05) is 0 Å². The Bertz CT molecular complexity index is 232. The lowest BCUT2D eigenvalue weighted by molar-refractivity contribution is 0.0763. The summed E-state index contributed by atoms with van der Waals surface area (Å²) in [6, 6.07) is 0. The first-order valence-electron chi connectivity index (χ1n) is 3.93. The molecule has 3 heteroatoms. The SMILES string of the molecule is C#CCCC(CC#C)COC(=O)O. The molecule has 0 heterocycles. The molecule has 13 heavy (non-hydrogen) atoms. The maximum absolute atomic E-state index is 10.1. The number of hydrogen-bond donors (Lipinski definition) is 1. The van der Waals surface area contributed by atoms with Crippen LogP contribution in [0.3, 0.4) is 0 Å². The Balaban J connectivity index is 3.75. The highest BCUT2D eigenvalue weighted by molar-refractivity contribution is 5.56. The fraction of sp³-hybridized carbons (Fsp3) is 0.500. The molecule has 0 bridgehead atoms. The average molecular weight is 180 g/mol. The lowest BCUT2D eigenvalue weighted by atomic mass is 10.0. The van der Waals surface area contributed by atoms with E-state index in [-0.39, 0.29) is 12.5 Å². The average Bonchev–Trinajstić information content (AvgIpc) is 2.09. The fourth-order valence-corrected chi connectivity index (χ4v) is 0.888. The van der Waals surface area contributed by atoms with Gasteiger partial charge < -0.3 is 9.84 Å². The standard InChI is InChI=1S/C10H12O3/c1-3-5-7-9(6-4-2)8-13-10(11)12/h1-2,9H,5-8H2,(H,11,12). The molecular formula is C10H12O3. The van der Waals surface area contributed by atoms with Gasteiger partial charge in [-0.15, -0.1) is 24.7 Å². The van der Waals surface area contributed by atoms with Gasteiger partial charge in [-0.05, 0) is 6.42 Å². The number of hydrogen-bond acceptors (Lipinski definition) is 2. The molecule has 0 aliphatic carbocycles. The summed E-state index contributed by atoms with van der Waals surface area (Å²) in [7, 11) is 0. The number of terminal acetylenes is 2. The monoisotopic (exact) mass is 180 g/mol. The Morgan fingerprint density at radius 1 is 1.46 bits per heavy atom. The third-order valence-corrected chi connectivity index (χ3v) is 1.55. The number of carbonyl (C=O) groups is 1. The van der Waals surface area contributed by atoms with Crippen LogP contribution in [-0.4, -0.2) is 17.9 Å². The van der Waals surface area contributed by atoms with Crippen molar-refractivity contribution in [1.82, 2.24) is 0 Å². The smallest absolute Gasteiger partial charge is 0.450 e. The lowest BCUT2D eigenvalue weighted by Gasteiger charge is -2.10. The molecule has 1 N–H and O–H groups in total. The molecule has 0 amide bonds. The Kier molecular flexibility index (Phi) is 6.19. The van der Waals surface area contributed by atoms with E-state index in [1.165, 1.54) is 0 Å². The van der Waals surface area contributed by atoms with Gasteiger partial charge in [0.05, 0.1) is 6.61 Å². The molecule has 0 saturated carbocycles. The van der Waals surface area contributed by atoms with Crippen molar-refractivity contribution >= 4 is 6.16 Å². The molecular weight excluding hydrogens is 168 g/mol. The van der Waals surface area contributed by atoms with E-state index in [1.807, 2.05) is 0 Å². The second-order valence-corrected chi connectivity index (χ2v) is 2.59. The summed E-state index contributed by atoms with van der Waals surface area (Å²) < 4.78 is 4.41. The Morgan fingerprint density at radius 2 is 2.15 bits per heavy atom. The molecule has 0 rings (SSSR count). The van der Waals surface area contributed by atoms with Crippen LogP contribution in [0.15, 0.2) is 0 Å². The largest absolute Gasteiger partial charge is 0.505 e. The molecule has 0 radical (unpaired) electrons. The van der Waals surface area contributed by atoms with Crippen LogP contribution in [0.2, 0.25) is 0 Å². The van der Waals surface area contributed by atoms with Crippen LogP contribution in [0.25, 0.3) is 0 Å². The van der Waals surface area contributed by atoms with E-state index in [9.17, 15) is 4.79 Å². The highest BCUT2D eigenvalue weighted by Crippen LogP contribution is 2.10. The Labute approximate surface area is 78.1 Å². The van der Waals surface area contributed by atoms with Crippen LogP contribution in [-0.2, 0) is 4.74 Å². The van der Waals surface area contributed by atoms with Crippen molar-refractivity contribution in [3.63, 3.8) is 0 Å². The highest BCUT2D eigenvalue weighted by atomic mass is 16.7. The van der Waals surface area contributed by atoms with Crippen molar-refractivity contribution in [2.75, 3.05) is 6.61 Å². The van der Waals surface area contributed by atoms with Crippen molar-refractivity contribution in [2.24, 2.45) is 5.92 Å². The minimum Gasteiger partial charge on any atom is -0.450 e. The molecule has 0 spiro atoms. The van der Waals surface area contributed by atoms with E-state index >= 15 is 0 Å². The first kappa shape index (κ1) is 11.4. The second-order valence-electron chi connectivity index (χ2n) is 2.59. The van der Waals surface area contributed by atoms with Gasteiger partial charge in [-0.2, -0.15) is 0 Å². The maximum Gasteiger partial charge on any atom is 0.505 e. The van der Waals surface area contributed by atoms with Gasteiger partial charge in [-0.25, -0.2) is 4.79 Å². The lowest BCUT2D eigenvalue weighted by Crippen LogP contribution is -2.12. The molecule has 0 aromatic heterocycles. The van der Waals surface area contributed by atoms with Crippen molar-refractivity contribution in [2.45, 2.75) is 19.3 Å². The Hall–Kier alpha value is -1.61. The number of carboxylic acid groups (broad SMARTS) is 1. The van der Waals surface area contributed by atoms with E-state index in [2.05, 4.69) is 16.6 Å². The minimum absolute atomic E-state index is 0.0390. The normalized spacial score (nSPS) is 10.9. The summed E-state index contributed by atoms with van der Waals surface area (Å²) in [6.07, 6.45) is 10.7. The van der Waals surface area contributed by atoms with Crippen LogP contribution in [0.5, 0.6) is 0 Å². The van der Waals surface area contributed by atoms with Gasteiger partial charge in [0.25, 0.3) is 0 Å². The molecule has 1 unspecified atom stereocenters.